The number of carbonyl (C=O) groups is 1. The van der Waals surface area contributed by atoms with Gasteiger partial charge >= 0.3 is 6.18 Å². The van der Waals surface area contributed by atoms with Crippen molar-refractivity contribution in [2.45, 2.75) is 39.1 Å². The van der Waals surface area contributed by atoms with E-state index in [1.165, 1.54) is 12.3 Å². The van der Waals surface area contributed by atoms with Crippen molar-refractivity contribution in [2.24, 2.45) is 5.92 Å². The fourth-order valence-electron chi connectivity index (χ4n) is 2.48. The van der Waals surface area contributed by atoms with Crippen molar-refractivity contribution in [1.29, 1.82) is 5.41 Å². The van der Waals surface area contributed by atoms with E-state index in [0.717, 1.165) is 12.1 Å². The molecule has 5 nitrogen and oxygen atoms in total. The van der Waals surface area contributed by atoms with Crippen LogP contribution in [-0.4, -0.2) is 18.2 Å². The zero-order valence-electron chi connectivity index (χ0n) is 15.0. The number of hydrogen-bond donors (Lipinski definition) is 2. The highest BCUT2D eigenvalue weighted by atomic mass is 19.4. The third-order valence-electron chi connectivity index (χ3n) is 3.76. The van der Waals surface area contributed by atoms with Crippen molar-refractivity contribution in [1.82, 2.24) is 5.32 Å². The molecule has 2 aromatic rings. The topological polar surface area (TPSA) is 75.3 Å². The Morgan fingerprint density at radius 2 is 2.07 bits per heavy atom. The molecule has 0 aliphatic carbocycles. The monoisotopic (exact) mass is 382 g/mol. The molecular weight excluding hydrogens is 361 g/mol. The molecule has 0 aliphatic rings. The Kier molecular flexibility index (Phi) is 6.65. The minimum atomic E-state index is -4.62. The Labute approximate surface area is 155 Å². The van der Waals surface area contributed by atoms with Gasteiger partial charge in [-0.1, -0.05) is 13.8 Å². The molecule has 2 rings (SSSR count). The van der Waals surface area contributed by atoms with E-state index >= 15 is 0 Å². The van der Waals surface area contributed by atoms with Gasteiger partial charge in [0.25, 0.3) is 5.91 Å². The second-order valence-corrected chi connectivity index (χ2v) is 6.42. The fourth-order valence-corrected chi connectivity index (χ4v) is 2.48. The normalized spacial score (nSPS) is 12.7. The van der Waals surface area contributed by atoms with E-state index in [-0.39, 0.29) is 23.8 Å². The molecule has 0 aliphatic heterocycles. The maximum Gasteiger partial charge on any atom is 0.417 e. The van der Waals surface area contributed by atoms with E-state index in [0.29, 0.717) is 18.4 Å². The van der Waals surface area contributed by atoms with Crippen LogP contribution in [0, 0.1) is 11.3 Å². The van der Waals surface area contributed by atoms with Gasteiger partial charge < -0.3 is 19.9 Å². The fraction of sp³-hybridized carbons (Fsp3) is 0.368. The zero-order valence-corrected chi connectivity index (χ0v) is 15.0. The molecule has 146 valence electrons. The average Bonchev–Trinajstić information content (AvgIpc) is 3.11. The Balaban J connectivity index is 2.17. The quantitative estimate of drug-likeness (QED) is 0.664. The standard InChI is InChI=1S/C19H21F3N2O3/c1-12(2)8-17(18(25)24-11-15-4-3-7-26-15)27-14-6-5-13(10-23)16(9-14)19(20,21)22/h3-7,9-10,12,17,23H,8,11H2,1-2H3,(H,24,25). The highest BCUT2D eigenvalue weighted by Gasteiger charge is 2.34. The van der Waals surface area contributed by atoms with Crippen LogP contribution in [0.1, 0.15) is 37.2 Å². The number of alkyl halides is 3. The lowest BCUT2D eigenvalue weighted by Gasteiger charge is -2.21. The maximum absolute atomic E-state index is 13.2. The number of halogens is 3. The molecule has 0 radical (unpaired) electrons. The summed E-state index contributed by atoms with van der Waals surface area (Å²) in [6.45, 7) is 3.93. The van der Waals surface area contributed by atoms with Gasteiger partial charge in [-0.25, -0.2) is 0 Å². The van der Waals surface area contributed by atoms with E-state index in [9.17, 15) is 18.0 Å². The first-order valence-corrected chi connectivity index (χ1v) is 8.39. The van der Waals surface area contributed by atoms with Crippen LogP contribution in [0.25, 0.3) is 0 Å². The highest BCUT2D eigenvalue weighted by molar-refractivity contribution is 5.81. The predicted octanol–water partition coefficient (Wildman–Crippen LogP) is 4.41. The van der Waals surface area contributed by atoms with E-state index in [2.05, 4.69) is 5.32 Å². The number of amides is 1. The van der Waals surface area contributed by atoms with Crippen LogP contribution >= 0.6 is 0 Å². The minimum Gasteiger partial charge on any atom is -0.481 e. The predicted molar refractivity (Wildman–Crippen MR) is 93.8 cm³/mol. The van der Waals surface area contributed by atoms with Crippen LogP contribution < -0.4 is 10.1 Å². The van der Waals surface area contributed by atoms with E-state index in [1.54, 1.807) is 12.1 Å². The summed E-state index contributed by atoms with van der Waals surface area (Å²) < 4.78 is 50.2. The van der Waals surface area contributed by atoms with E-state index in [4.69, 9.17) is 14.6 Å². The Morgan fingerprint density at radius 1 is 1.33 bits per heavy atom. The molecule has 0 fully saturated rings. The lowest BCUT2D eigenvalue weighted by molar-refractivity contribution is -0.137. The molecule has 1 aromatic carbocycles. The average molecular weight is 382 g/mol. The van der Waals surface area contributed by atoms with E-state index < -0.39 is 23.8 Å². The number of ether oxygens (including phenoxy) is 1. The minimum absolute atomic E-state index is 0.0771. The van der Waals surface area contributed by atoms with Crippen LogP contribution in [0.4, 0.5) is 13.2 Å². The van der Waals surface area contributed by atoms with Crippen molar-refractivity contribution in [3.63, 3.8) is 0 Å². The first-order chi connectivity index (χ1) is 12.7. The summed E-state index contributed by atoms with van der Waals surface area (Å²) in [6, 6.07) is 6.67. The van der Waals surface area contributed by atoms with Gasteiger partial charge in [0.15, 0.2) is 6.10 Å². The first kappa shape index (κ1) is 20.5. The second kappa shape index (κ2) is 8.75. The van der Waals surface area contributed by atoms with Crippen LogP contribution in [0.2, 0.25) is 0 Å². The third kappa shape index (κ3) is 5.87. The summed E-state index contributed by atoms with van der Waals surface area (Å²) in [5.74, 6) is 0.130. The lowest BCUT2D eigenvalue weighted by Crippen LogP contribution is -2.39. The summed E-state index contributed by atoms with van der Waals surface area (Å²) in [6.07, 6.45) is -3.13. The molecule has 1 atom stereocenters. The molecule has 1 heterocycles. The summed E-state index contributed by atoms with van der Waals surface area (Å²) in [4.78, 5) is 12.4. The number of benzene rings is 1. The van der Waals surface area contributed by atoms with Crippen molar-refractivity contribution in [3.8, 4) is 5.75 Å². The molecule has 0 saturated carbocycles. The molecule has 8 heteroatoms. The lowest BCUT2D eigenvalue weighted by atomic mass is 10.0. The molecule has 1 amide bonds. The van der Waals surface area contributed by atoms with Crippen LogP contribution in [0.5, 0.6) is 5.75 Å². The molecular formula is C19H21F3N2O3. The second-order valence-electron chi connectivity index (χ2n) is 6.42. The number of nitrogens with one attached hydrogen (secondary N) is 2. The smallest absolute Gasteiger partial charge is 0.417 e. The molecule has 1 aromatic heterocycles. The number of carbonyl (C=O) groups excluding carboxylic acids is 1. The Bertz CT molecular complexity index is 771. The first-order valence-electron chi connectivity index (χ1n) is 8.39. The van der Waals surface area contributed by atoms with Crippen molar-refractivity contribution >= 4 is 12.1 Å². The molecule has 2 N–H and O–H groups in total. The molecule has 27 heavy (non-hydrogen) atoms. The van der Waals surface area contributed by atoms with Crippen LogP contribution in [-0.2, 0) is 17.5 Å². The summed E-state index contributed by atoms with van der Waals surface area (Å²) in [7, 11) is 0. The van der Waals surface area contributed by atoms with Gasteiger partial charge in [0.05, 0.1) is 18.4 Å². The van der Waals surface area contributed by atoms with Gasteiger partial charge in [-0.15, -0.1) is 0 Å². The zero-order chi connectivity index (χ0) is 20.0. The number of hydrogen-bond acceptors (Lipinski definition) is 4. The van der Waals surface area contributed by atoms with Gasteiger partial charge in [-0.05, 0) is 42.7 Å². The van der Waals surface area contributed by atoms with Crippen LogP contribution in [0.15, 0.2) is 41.0 Å². The van der Waals surface area contributed by atoms with Gasteiger partial charge in [-0.3, -0.25) is 4.79 Å². The van der Waals surface area contributed by atoms with E-state index in [1.807, 2.05) is 13.8 Å². The van der Waals surface area contributed by atoms with Crippen LogP contribution in [0.3, 0.4) is 0 Å². The molecule has 0 bridgehead atoms. The summed E-state index contributed by atoms with van der Waals surface area (Å²) >= 11 is 0. The maximum atomic E-state index is 13.2. The largest absolute Gasteiger partial charge is 0.481 e. The molecule has 0 spiro atoms. The highest BCUT2D eigenvalue weighted by Crippen LogP contribution is 2.34. The van der Waals surface area contributed by atoms with Crippen molar-refractivity contribution in [2.75, 3.05) is 0 Å². The van der Waals surface area contributed by atoms with Gasteiger partial charge in [0.1, 0.15) is 11.5 Å². The van der Waals surface area contributed by atoms with Gasteiger partial charge in [-0.2, -0.15) is 13.2 Å². The Morgan fingerprint density at radius 3 is 2.63 bits per heavy atom. The summed E-state index contributed by atoms with van der Waals surface area (Å²) in [5, 5.41) is 9.78. The Hall–Kier alpha value is -2.77. The summed E-state index contributed by atoms with van der Waals surface area (Å²) in [5.41, 5.74) is -1.24. The molecule has 1 unspecified atom stereocenters. The number of furan rings is 1. The van der Waals surface area contributed by atoms with Crippen molar-refractivity contribution in [3.05, 3.63) is 53.5 Å². The van der Waals surface area contributed by atoms with Crippen molar-refractivity contribution < 1.29 is 27.1 Å². The SMILES string of the molecule is CC(C)CC(Oc1ccc(C=N)c(C(F)(F)F)c1)C(=O)NCc1ccco1. The van der Waals surface area contributed by atoms with Gasteiger partial charge in [0, 0.05) is 11.8 Å². The number of rotatable bonds is 8. The molecule has 0 saturated heterocycles. The third-order valence-corrected chi connectivity index (χ3v) is 3.76. The van der Waals surface area contributed by atoms with Gasteiger partial charge in [0.2, 0.25) is 0 Å².